The predicted octanol–water partition coefficient (Wildman–Crippen LogP) is 5.15. The van der Waals surface area contributed by atoms with E-state index in [9.17, 15) is 18.0 Å². The van der Waals surface area contributed by atoms with E-state index in [1.165, 1.54) is 17.0 Å². The number of alkyl halides is 3. The number of benzene rings is 1. The first-order valence-corrected chi connectivity index (χ1v) is 10.2. The molecule has 0 saturated carbocycles. The summed E-state index contributed by atoms with van der Waals surface area (Å²) in [6.07, 6.45) is 0.467. The second-order valence-electron chi connectivity index (χ2n) is 7.93. The average Bonchev–Trinajstić information content (AvgIpc) is 3.44. The molecule has 0 saturated heterocycles. The summed E-state index contributed by atoms with van der Waals surface area (Å²) in [7, 11) is 0. The Morgan fingerprint density at radius 1 is 1.09 bits per heavy atom. The second-order valence-corrected chi connectivity index (χ2v) is 7.93. The number of aromatic nitrogens is 4. The summed E-state index contributed by atoms with van der Waals surface area (Å²) in [4.78, 5) is 19.0. The van der Waals surface area contributed by atoms with E-state index in [0.717, 1.165) is 23.3 Å². The molecule has 10 heteroatoms. The topological polar surface area (TPSA) is 77.0 Å². The van der Waals surface area contributed by atoms with Gasteiger partial charge in [-0.3, -0.25) is 14.5 Å². The minimum atomic E-state index is -4.44. The molecule has 4 aromatic rings. The van der Waals surface area contributed by atoms with Gasteiger partial charge in [-0.15, -0.1) is 0 Å². The fourth-order valence-electron chi connectivity index (χ4n) is 3.96. The summed E-state index contributed by atoms with van der Waals surface area (Å²) in [5.74, 6) is -0.0137. The minimum absolute atomic E-state index is 0.197. The number of fused-ring (bicyclic) bond motifs is 1. The van der Waals surface area contributed by atoms with Gasteiger partial charge in [0.15, 0.2) is 5.76 Å². The number of carbonyl (C=O) groups excluding carboxylic acids is 1. The second kappa shape index (κ2) is 7.58. The van der Waals surface area contributed by atoms with Gasteiger partial charge in [-0.1, -0.05) is 5.16 Å². The summed E-state index contributed by atoms with van der Waals surface area (Å²) in [5.41, 5.74) is 2.71. The number of pyridine rings is 1. The number of hydrogen-bond acceptors (Lipinski definition) is 5. The molecule has 1 atom stereocenters. The van der Waals surface area contributed by atoms with Crippen LogP contribution in [0.1, 0.15) is 34.6 Å². The lowest BCUT2D eigenvalue weighted by Gasteiger charge is -2.32. The maximum Gasteiger partial charge on any atom is 0.416 e. The van der Waals surface area contributed by atoms with Gasteiger partial charge in [0.05, 0.1) is 23.4 Å². The van der Waals surface area contributed by atoms with Gasteiger partial charge in [-0.05, 0) is 49.7 Å². The van der Waals surface area contributed by atoms with Crippen LogP contribution in [0.25, 0.3) is 22.6 Å². The number of rotatable bonds is 3. The number of amides is 1. The molecule has 5 rings (SSSR count). The predicted molar refractivity (Wildman–Crippen MR) is 114 cm³/mol. The van der Waals surface area contributed by atoms with Crippen molar-refractivity contribution in [2.24, 2.45) is 0 Å². The van der Waals surface area contributed by atoms with Crippen molar-refractivity contribution in [1.29, 1.82) is 0 Å². The van der Waals surface area contributed by atoms with Crippen LogP contribution in [-0.4, -0.2) is 32.4 Å². The molecule has 4 heterocycles. The number of hydrogen-bond donors (Lipinski definition) is 0. The van der Waals surface area contributed by atoms with Crippen LogP contribution in [-0.2, 0) is 6.18 Å². The molecule has 0 aliphatic carbocycles. The zero-order valence-corrected chi connectivity index (χ0v) is 17.7. The molecule has 0 N–H and O–H groups in total. The smallest absolute Gasteiger partial charge is 0.356 e. The number of nitrogens with zero attached hydrogens (tertiary/aromatic N) is 5. The van der Waals surface area contributed by atoms with Crippen molar-refractivity contribution in [2.75, 3.05) is 11.4 Å². The molecule has 1 aliphatic heterocycles. The van der Waals surface area contributed by atoms with Crippen molar-refractivity contribution in [3.63, 3.8) is 0 Å². The summed E-state index contributed by atoms with van der Waals surface area (Å²) in [6, 6.07) is 7.93. The first-order valence-electron chi connectivity index (χ1n) is 10.2. The van der Waals surface area contributed by atoms with Gasteiger partial charge in [0.2, 0.25) is 0 Å². The largest absolute Gasteiger partial charge is 0.416 e. The number of carbonyl (C=O) groups is 1. The molecule has 7 nitrogen and oxygen atoms in total. The monoisotopic (exact) mass is 453 g/mol. The van der Waals surface area contributed by atoms with Crippen LogP contribution in [0, 0.1) is 6.92 Å². The highest BCUT2D eigenvalue weighted by Crippen LogP contribution is 2.36. The molecule has 1 aliphatic rings. The maximum absolute atomic E-state index is 13.4. The van der Waals surface area contributed by atoms with Crippen molar-refractivity contribution in [2.45, 2.75) is 26.1 Å². The minimum Gasteiger partial charge on any atom is -0.356 e. The van der Waals surface area contributed by atoms with Crippen LogP contribution in [0.4, 0.5) is 18.9 Å². The third-order valence-corrected chi connectivity index (χ3v) is 5.70. The van der Waals surface area contributed by atoms with E-state index in [-0.39, 0.29) is 18.5 Å². The van der Waals surface area contributed by atoms with Crippen molar-refractivity contribution in [3.05, 3.63) is 71.8 Å². The zero-order valence-electron chi connectivity index (χ0n) is 17.7. The zero-order chi connectivity index (χ0) is 23.3. The Morgan fingerprint density at radius 2 is 1.85 bits per heavy atom. The summed E-state index contributed by atoms with van der Waals surface area (Å²) in [5, 5.41) is 8.48. The molecular weight excluding hydrogens is 435 g/mol. The first-order chi connectivity index (χ1) is 15.7. The average molecular weight is 453 g/mol. The standard InChI is InChI=1S/C23H18F3N5O2/c1-13-7-8-27-10-17(13)19-9-20(33-29-19)18-11-28-31-14(2)12-30(22(32)21(18)31)16-5-3-15(4-6-16)23(24,25)26/h3-11,14H,12H2,1-2H3. The van der Waals surface area contributed by atoms with Gasteiger partial charge in [-0.2, -0.15) is 18.3 Å². The molecule has 0 bridgehead atoms. The molecule has 1 amide bonds. The van der Waals surface area contributed by atoms with Gasteiger partial charge >= 0.3 is 6.18 Å². The van der Waals surface area contributed by atoms with E-state index in [2.05, 4.69) is 15.2 Å². The lowest BCUT2D eigenvalue weighted by Crippen LogP contribution is -2.42. The highest BCUT2D eigenvalue weighted by molar-refractivity contribution is 6.09. The fraction of sp³-hybridized carbons (Fsp3) is 0.217. The fourth-order valence-corrected chi connectivity index (χ4v) is 3.96. The number of anilines is 1. The Labute approximate surface area is 186 Å². The quantitative estimate of drug-likeness (QED) is 0.429. The molecule has 1 aromatic carbocycles. The lowest BCUT2D eigenvalue weighted by molar-refractivity contribution is -0.137. The molecule has 0 fully saturated rings. The Kier molecular flexibility index (Phi) is 4.80. The van der Waals surface area contributed by atoms with Crippen LogP contribution in [0.3, 0.4) is 0 Å². The first kappa shape index (κ1) is 20.9. The van der Waals surface area contributed by atoms with Gasteiger partial charge in [0.1, 0.15) is 11.4 Å². The van der Waals surface area contributed by atoms with Crippen molar-refractivity contribution < 1.29 is 22.5 Å². The molecule has 0 spiro atoms. The van der Waals surface area contributed by atoms with Crippen molar-refractivity contribution >= 4 is 11.6 Å². The Balaban J connectivity index is 1.51. The number of aryl methyl sites for hydroxylation is 1. The van der Waals surface area contributed by atoms with Crippen LogP contribution in [0.2, 0.25) is 0 Å². The summed E-state index contributed by atoms with van der Waals surface area (Å²) < 4.78 is 45.9. The van der Waals surface area contributed by atoms with Gasteiger partial charge < -0.3 is 9.42 Å². The van der Waals surface area contributed by atoms with E-state index in [1.54, 1.807) is 29.3 Å². The molecule has 3 aromatic heterocycles. The summed E-state index contributed by atoms with van der Waals surface area (Å²) >= 11 is 0. The lowest BCUT2D eigenvalue weighted by atomic mass is 10.1. The molecular formula is C23H18F3N5O2. The van der Waals surface area contributed by atoms with Crippen LogP contribution >= 0.6 is 0 Å². The van der Waals surface area contributed by atoms with E-state index in [4.69, 9.17) is 4.52 Å². The van der Waals surface area contributed by atoms with Gasteiger partial charge in [0, 0.05) is 36.3 Å². The van der Waals surface area contributed by atoms with Crippen LogP contribution in [0.5, 0.6) is 0 Å². The third kappa shape index (κ3) is 3.57. The molecule has 168 valence electrons. The van der Waals surface area contributed by atoms with Crippen LogP contribution in [0.15, 0.2) is 59.5 Å². The van der Waals surface area contributed by atoms with E-state index in [0.29, 0.717) is 28.4 Å². The Morgan fingerprint density at radius 3 is 2.55 bits per heavy atom. The van der Waals surface area contributed by atoms with Crippen molar-refractivity contribution in [1.82, 2.24) is 19.9 Å². The van der Waals surface area contributed by atoms with Crippen LogP contribution < -0.4 is 4.90 Å². The summed E-state index contributed by atoms with van der Waals surface area (Å²) in [6.45, 7) is 4.09. The van der Waals surface area contributed by atoms with Crippen molar-refractivity contribution in [3.8, 4) is 22.6 Å². The molecule has 0 radical (unpaired) electrons. The third-order valence-electron chi connectivity index (χ3n) is 5.70. The molecule has 1 unspecified atom stereocenters. The van der Waals surface area contributed by atoms with E-state index >= 15 is 0 Å². The highest BCUT2D eigenvalue weighted by atomic mass is 19.4. The van der Waals surface area contributed by atoms with Gasteiger partial charge in [-0.25, -0.2) is 0 Å². The Bertz CT molecular complexity index is 1340. The van der Waals surface area contributed by atoms with Gasteiger partial charge in [0.25, 0.3) is 5.91 Å². The normalized spacial score (nSPS) is 16.2. The Hall–Kier alpha value is -3.95. The molecule has 33 heavy (non-hydrogen) atoms. The SMILES string of the molecule is Cc1ccncc1-c1cc(-c2cnn3c2C(=O)N(c2ccc(C(F)(F)F)cc2)CC3C)on1. The maximum atomic E-state index is 13.4. The highest BCUT2D eigenvalue weighted by Gasteiger charge is 2.36. The van der Waals surface area contributed by atoms with E-state index < -0.39 is 11.7 Å². The van der Waals surface area contributed by atoms with E-state index in [1.807, 2.05) is 19.9 Å². The number of halogens is 3.